The van der Waals surface area contributed by atoms with E-state index in [-0.39, 0.29) is 5.91 Å². The zero-order valence-electron chi connectivity index (χ0n) is 11.7. The summed E-state index contributed by atoms with van der Waals surface area (Å²) in [5, 5.41) is 7.47. The number of urea groups is 1. The number of carbonyl (C=O) groups excluding carboxylic acids is 2. The van der Waals surface area contributed by atoms with Gasteiger partial charge in [-0.2, -0.15) is 5.10 Å². The Morgan fingerprint density at radius 2 is 2.00 bits per heavy atom. The minimum atomic E-state index is -0.867. The Hall–Kier alpha value is -2.37. The van der Waals surface area contributed by atoms with Crippen LogP contribution in [0.3, 0.4) is 0 Å². The first-order chi connectivity index (χ1) is 9.50. The molecule has 0 saturated carbocycles. The average Bonchev–Trinajstić information content (AvgIpc) is 2.68. The summed E-state index contributed by atoms with van der Waals surface area (Å²) in [5.74, 6) is 0.394. The van der Waals surface area contributed by atoms with Crippen LogP contribution in [0.25, 0.3) is 0 Å². The van der Waals surface area contributed by atoms with E-state index in [2.05, 4.69) is 10.4 Å². The highest BCUT2D eigenvalue weighted by Crippen LogP contribution is 2.21. The molecule has 6 nitrogen and oxygen atoms in total. The van der Waals surface area contributed by atoms with Crippen molar-refractivity contribution in [1.29, 1.82) is 0 Å². The number of carbonyl (C=O) groups is 2. The number of hydrogen-bond acceptors (Lipinski definition) is 4. The molecule has 1 heterocycles. The molecule has 1 atom stereocenters. The van der Waals surface area contributed by atoms with Crippen molar-refractivity contribution in [3.63, 3.8) is 0 Å². The Kier molecular flexibility index (Phi) is 3.74. The molecule has 20 heavy (non-hydrogen) atoms. The van der Waals surface area contributed by atoms with E-state index in [1.807, 2.05) is 6.92 Å². The van der Waals surface area contributed by atoms with Crippen molar-refractivity contribution in [2.75, 3.05) is 7.11 Å². The quantitative estimate of drug-likeness (QED) is 0.672. The molecule has 0 spiro atoms. The number of nitrogens with one attached hydrogen (secondary N) is 1. The fourth-order valence-corrected chi connectivity index (χ4v) is 1.83. The molecular formula is C14H17N3O3. The van der Waals surface area contributed by atoms with E-state index in [1.54, 1.807) is 38.3 Å². The van der Waals surface area contributed by atoms with Crippen molar-refractivity contribution in [1.82, 2.24) is 10.3 Å². The van der Waals surface area contributed by atoms with Crippen LogP contribution in [0.5, 0.6) is 5.75 Å². The highest BCUT2D eigenvalue weighted by atomic mass is 16.5. The maximum absolute atomic E-state index is 12.1. The van der Waals surface area contributed by atoms with Gasteiger partial charge < -0.3 is 10.1 Å². The van der Waals surface area contributed by atoms with Gasteiger partial charge in [0.2, 0.25) is 0 Å². The third-order valence-corrected chi connectivity index (χ3v) is 3.38. The lowest BCUT2D eigenvalue weighted by Crippen LogP contribution is -2.42. The van der Waals surface area contributed by atoms with Crippen molar-refractivity contribution in [3.05, 3.63) is 29.8 Å². The Bertz CT molecular complexity index is 553. The van der Waals surface area contributed by atoms with Gasteiger partial charge in [0.1, 0.15) is 11.3 Å². The monoisotopic (exact) mass is 275 g/mol. The van der Waals surface area contributed by atoms with Gasteiger partial charge in [0, 0.05) is 0 Å². The number of benzene rings is 1. The Labute approximate surface area is 117 Å². The second-order valence-corrected chi connectivity index (χ2v) is 4.75. The van der Waals surface area contributed by atoms with Crippen LogP contribution in [0, 0.1) is 0 Å². The van der Waals surface area contributed by atoms with Gasteiger partial charge in [-0.15, -0.1) is 5.01 Å². The fraction of sp³-hybridized carbons (Fsp3) is 0.357. The molecule has 1 unspecified atom stereocenters. The summed E-state index contributed by atoms with van der Waals surface area (Å²) in [6, 6.07) is 6.65. The highest BCUT2D eigenvalue weighted by molar-refractivity contribution is 6.07. The first-order valence-electron chi connectivity index (χ1n) is 6.35. The molecule has 1 aromatic carbocycles. The number of methoxy groups -OCH3 is 1. The van der Waals surface area contributed by atoms with Crippen LogP contribution in [0.4, 0.5) is 4.79 Å². The van der Waals surface area contributed by atoms with E-state index in [0.29, 0.717) is 6.42 Å². The van der Waals surface area contributed by atoms with Gasteiger partial charge in [0.25, 0.3) is 5.91 Å². The number of rotatable bonds is 4. The minimum Gasteiger partial charge on any atom is -0.497 e. The molecular weight excluding hydrogens is 258 g/mol. The third kappa shape index (κ3) is 2.49. The van der Waals surface area contributed by atoms with E-state index in [0.717, 1.165) is 16.3 Å². The Morgan fingerprint density at radius 1 is 1.35 bits per heavy atom. The van der Waals surface area contributed by atoms with Crippen molar-refractivity contribution in [3.8, 4) is 5.75 Å². The van der Waals surface area contributed by atoms with Crippen LogP contribution in [0.1, 0.15) is 25.8 Å². The van der Waals surface area contributed by atoms with Crippen molar-refractivity contribution >= 4 is 18.2 Å². The second-order valence-electron chi connectivity index (χ2n) is 4.75. The van der Waals surface area contributed by atoms with Gasteiger partial charge >= 0.3 is 6.03 Å². The van der Waals surface area contributed by atoms with E-state index < -0.39 is 11.6 Å². The summed E-state index contributed by atoms with van der Waals surface area (Å²) in [6.45, 7) is 3.53. The molecule has 1 aromatic rings. The highest BCUT2D eigenvalue weighted by Gasteiger charge is 2.46. The van der Waals surface area contributed by atoms with Gasteiger partial charge in [-0.3, -0.25) is 4.79 Å². The molecule has 106 valence electrons. The average molecular weight is 275 g/mol. The lowest BCUT2D eigenvalue weighted by atomic mass is 10.00. The minimum absolute atomic E-state index is 0.338. The van der Waals surface area contributed by atoms with Crippen LogP contribution >= 0.6 is 0 Å². The lowest BCUT2D eigenvalue weighted by Gasteiger charge is -2.17. The summed E-state index contributed by atoms with van der Waals surface area (Å²) in [7, 11) is 1.59. The van der Waals surface area contributed by atoms with Crippen molar-refractivity contribution in [2.24, 2.45) is 5.10 Å². The van der Waals surface area contributed by atoms with E-state index in [4.69, 9.17) is 4.74 Å². The maximum atomic E-state index is 12.1. The fourth-order valence-electron chi connectivity index (χ4n) is 1.83. The summed E-state index contributed by atoms with van der Waals surface area (Å²) < 4.78 is 5.05. The van der Waals surface area contributed by atoms with Crippen LogP contribution in [0.2, 0.25) is 0 Å². The molecule has 1 saturated heterocycles. The molecule has 2 rings (SSSR count). The molecule has 0 aliphatic carbocycles. The molecule has 6 heteroatoms. The van der Waals surface area contributed by atoms with Gasteiger partial charge in [-0.1, -0.05) is 6.92 Å². The van der Waals surface area contributed by atoms with Crippen LogP contribution in [0.15, 0.2) is 29.4 Å². The number of hydrogen-bond donors (Lipinski definition) is 1. The van der Waals surface area contributed by atoms with Crippen molar-refractivity contribution in [2.45, 2.75) is 25.8 Å². The molecule has 1 aliphatic rings. The molecule has 1 N–H and O–H groups in total. The van der Waals surface area contributed by atoms with Crippen LogP contribution < -0.4 is 10.1 Å². The topological polar surface area (TPSA) is 71.0 Å². The van der Waals surface area contributed by atoms with Gasteiger partial charge in [0.15, 0.2) is 0 Å². The van der Waals surface area contributed by atoms with E-state index in [1.165, 1.54) is 6.21 Å². The second kappa shape index (κ2) is 5.32. The largest absolute Gasteiger partial charge is 0.497 e. The Balaban J connectivity index is 2.14. The molecule has 0 radical (unpaired) electrons. The maximum Gasteiger partial charge on any atom is 0.346 e. The number of amides is 3. The molecule has 3 amide bonds. The predicted molar refractivity (Wildman–Crippen MR) is 74.7 cm³/mol. The third-order valence-electron chi connectivity index (χ3n) is 3.38. The summed E-state index contributed by atoms with van der Waals surface area (Å²) in [4.78, 5) is 23.8. The number of hydrazone groups is 1. The van der Waals surface area contributed by atoms with Gasteiger partial charge in [-0.05, 0) is 43.2 Å². The summed E-state index contributed by atoms with van der Waals surface area (Å²) >= 11 is 0. The lowest BCUT2D eigenvalue weighted by molar-refractivity contribution is -0.130. The number of nitrogens with zero attached hydrogens (tertiary/aromatic N) is 2. The first kappa shape index (κ1) is 14.0. The van der Waals surface area contributed by atoms with Crippen LogP contribution in [-0.2, 0) is 4.79 Å². The number of ether oxygens (including phenoxy) is 1. The number of imide groups is 1. The van der Waals surface area contributed by atoms with Crippen molar-refractivity contribution < 1.29 is 14.3 Å². The normalized spacial score (nSPS) is 22.4. The molecule has 1 aliphatic heterocycles. The molecule has 1 fully saturated rings. The standard InChI is InChI=1S/C14H17N3O3/c1-4-14(2)12(18)17(13(19)16-14)15-9-10-5-7-11(20-3)8-6-10/h5-9H,4H2,1-3H3,(H,16,19)/b15-9+. The molecule has 0 aromatic heterocycles. The summed E-state index contributed by atoms with van der Waals surface area (Å²) in [5.41, 5.74) is -0.0922. The van der Waals surface area contributed by atoms with E-state index >= 15 is 0 Å². The van der Waals surface area contributed by atoms with E-state index in [9.17, 15) is 9.59 Å². The summed E-state index contributed by atoms with van der Waals surface area (Å²) in [6.07, 6.45) is 1.99. The zero-order valence-corrected chi connectivity index (χ0v) is 11.7. The SMILES string of the molecule is CCC1(C)NC(=O)N(/N=C/c2ccc(OC)cc2)C1=O. The predicted octanol–water partition coefficient (Wildman–Crippen LogP) is 1.75. The van der Waals surface area contributed by atoms with Gasteiger partial charge in [-0.25, -0.2) is 4.79 Å². The Morgan fingerprint density at radius 3 is 2.50 bits per heavy atom. The van der Waals surface area contributed by atoms with Crippen LogP contribution in [-0.4, -0.2) is 35.8 Å². The zero-order chi connectivity index (χ0) is 14.8. The smallest absolute Gasteiger partial charge is 0.346 e. The molecule has 0 bridgehead atoms. The van der Waals surface area contributed by atoms with Gasteiger partial charge in [0.05, 0.1) is 13.3 Å². The first-order valence-corrected chi connectivity index (χ1v) is 6.35.